The third kappa shape index (κ3) is 9.80. The average Bonchev–Trinajstić information content (AvgIpc) is 2.81. The van der Waals surface area contributed by atoms with Gasteiger partial charge in [-0.1, -0.05) is 32.0 Å². The largest absolute Gasteiger partial charge is 0.508 e. The number of amides is 1. The molecule has 0 aliphatic carbocycles. The molecule has 0 saturated heterocycles. The standard InChI is InChI=1S/C24H36N2O10P2/c1-4-19(16-6-9-18(27)10-7-16)20(5-2)17-8-11-22(28)21(14-17)25-23(29)15-26(3)13-12-24(37(30,31)32)36-38(33,34)35/h6-11,14,19-20,24,27-28H,4-5,12-13,15H2,1-3H3,(H,25,29)(H2,30,31,32)(H2,33,34,35). The van der Waals surface area contributed by atoms with Gasteiger partial charge in [-0.05, 0) is 73.5 Å². The molecule has 1 amide bonds. The zero-order valence-corrected chi connectivity index (χ0v) is 23.3. The van der Waals surface area contributed by atoms with Gasteiger partial charge in [-0.2, -0.15) is 0 Å². The van der Waals surface area contributed by atoms with Crippen molar-refractivity contribution in [2.75, 3.05) is 25.5 Å². The fraction of sp³-hybridized carbons (Fsp3) is 0.458. The van der Waals surface area contributed by atoms with Gasteiger partial charge in [0, 0.05) is 6.54 Å². The van der Waals surface area contributed by atoms with Gasteiger partial charge in [0.25, 0.3) is 0 Å². The Morgan fingerprint density at radius 1 is 0.947 bits per heavy atom. The summed E-state index contributed by atoms with van der Waals surface area (Å²) in [6, 6.07) is 12.1. The maximum Gasteiger partial charge on any atom is 0.470 e. The predicted molar refractivity (Wildman–Crippen MR) is 142 cm³/mol. The molecule has 0 radical (unpaired) electrons. The molecule has 7 N–H and O–H groups in total. The van der Waals surface area contributed by atoms with Crippen LogP contribution in [0.3, 0.4) is 0 Å². The molecule has 0 bridgehead atoms. The molecular weight excluding hydrogens is 538 g/mol. The van der Waals surface area contributed by atoms with E-state index >= 15 is 0 Å². The highest BCUT2D eigenvalue weighted by atomic mass is 31.2. The molecule has 0 aliphatic rings. The number of benzene rings is 2. The van der Waals surface area contributed by atoms with E-state index in [4.69, 9.17) is 9.79 Å². The van der Waals surface area contributed by atoms with Crippen molar-refractivity contribution in [1.29, 1.82) is 0 Å². The van der Waals surface area contributed by atoms with E-state index in [0.29, 0.717) is 0 Å². The van der Waals surface area contributed by atoms with E-state index < -0.39 is 33.6 Å². The van der Waals surface area contributed by atoms with Crippen molar-refractivity contribution < 1.29 is 48.2 Å². The monoisotopic (exact) mass is 574 g/mol. The van der Waals surface area contributed by atoms with Gasteiger partial charge in [0.05, 0.1) is 12.2 Å². The molecule has 0 aliphatic heterocycles. The van der Waals surface area contributed by atoms with Crippen LogP contribution in [0.2, 0.25) is 0 Å². The van der Waals surface area contributed by atoms with Gasteiger partial charge in [-0.15, -0.1) is 0 Å². The van der Waals surface area contributed by atoms with Crippen LogP contribution >= 0.6 is 15.4 Å². The fourth-order valence-corrected chi connectivity index (χ4v) is 6.13. The fourth-order valence-electron chi connectivity index (χ4n) is 4.40. The average molecular weight is 575 g/mol. The summed E-state index contributed by atoms with van der Waals surface area (Å²) in [6.07, 6.45) is 1.18. The molecule has 2 aromatic rings. The smallest absolute Gasteiger partial charge is 0.470 e. The Morgan fingerprint density at radius 2 is 1.50 bits per heavy atom. The van der Waals surface area contributed by atoms with Gasteiger partial charge in [-0.3, -0.25) is 18.8 Å². The first-order chi connectivity index (χ1) is 17.6. The molecule has 0 heterocycles. The number of nitrogens with zero attached hydrogens (tertiary/aromatic N) is 1. The lowest BCUT2D eigenvalue weighted by atomic mass is 9.78. The van der Waals surface area contributed by atoms with Crippen LogP contribution in [-0.2, 0) is 18.4 Å². The van der Waals surface area contributed by atoms with Crippen LogP contribution in [0.4, 0.5) is 5.69 Å². The first-order valence-electron chi connectivity index (χ1n) is 12.0. The number of likely N-dealkylation sites (N-methyl/N-ethyl adjacent to an activating group) is 1. The van der Waals surface area contributed by atoms with E-state index in [9.17, 15) is 33.9 Å². The minimum atomic E-state index is -5.13. The first-order valence-corrected chi connectivity index (χ1v) is 15.2. The minimum Gasteiger partial charge on any atom is -0.508 e. The van der Waals surface area contributed by atoms with Crippen LogP contribution in [0, 0.1) is 0 Å². The molecule has 12 nitrogen and oxygen atoms in total. The number of carbonyl (C=O) groups is 1. The molecule has 0 saturated carbocycles. The number of phenols is 2. The Balaban J connectivity index is 2.10. The van der Waals surface area contributed by atoms with E-state index in [1.807, 2.05) is 12.1 Å². The van der Waals surface area contributed by atoms with Crippen molar-refractivity contribution in [3.8, 4) is 11.5 Å². The SMILES string of the molecule is CCC(c1ccc(O)cc1)C(CC)c1ccc(O)c(NC(=O)CN(C)CCC(OP(=O)(O)O)P(=O)(O)O)c1. The van der Waals surface area contributed by atoms with Crippen molar-refractivity contribution >= 4 is 27.0 Å². The number of carbonyl (C=O) groups excluding carboxylic acids is 1. The lowest BCUT2D eigenvalue weighted by Crippen LogP contribution is -2.32. The molecule has 3 unspecified atom stereocenters. The topological polar surface area (TPSA) is 197 Å². The van der Waals surface area contributed by atoms with Crippen molar-refractivity contribution in [2.24, 2.45) is 0 Å². The Kier molecular flexibility index (Phi) is 11.5. The number of phosphoric acid groups is 1. The number of rotatable bonds is 14. The van der Waals surface area contributed by atoms with Crippen LogP contribution in [-0.4, -0.2) is 66.6 Å². The molecule has 0 fully saturated rings. The van der Waals surface area contributed by atoms with Gasteiger partial charge in [0.15, 0.2) is 5.85 Å². The van der Waals surface area contributed by atoms with Crippen molar-refractivity contribution in [3.63, 3.8) is 0 Å². The normalized spacial score (nSPS) is 14.7. The van der Waals surface area contributed by atoms with Crippen LogP contribution in [0.5, 0.6) is 11.5 Å². The summed E-state index contributed by atoms with van der Waals surface area (Å²) in [6.45, 7) is 3.78. The Labute approximate surface area is 221 Å². The van der Waals surface area contributed by atoms with E-state index in [1.54, 1.807) is 24.3 Å². The van der Waals surface area contributed by atoms with Crippen molar-refractivity contribution in [2.45, 2.75) is 50.8 Å². The van der Waals surface area contributed by atoms with Gasteiger partial charge >= 0.3 is 15.4 Å². The molecule has 212 valence electrons. The second-order valence-electron chi connectivity index (χ2n) is 9.11. The number of anilines is 1. The number of nitrogens with one attached hydrogen (secondary N) is 1. The van der Waals surface area contributed by atoms with Crippen molar-refractivity contribution in [3.05, 3.63) is 53.6 Å². The summed E-state index contributed by atoms with van der Waals surface area (Å²) < 4.78 is 26.7. The lowest BCUT2D eigenvalue weighted by molar-refractivity contribution is -0.117. The summed E-state index contributed by atoms with van der Waals surface area (Å²) in [5.41, 5.74) is 2.18. The highest BCUT2D eigenvalue weighted by molar-refractivity contribution is 7.53. The van der Waals surface area contributed by atoms with Crippen LogP contribution in [0.1, 0.15) is 56.1 Å². The van der Waals surface area contributed by atoms with Crippen LogP contribution in [0.25, 0.3) is 0 Å². The van der Waals surface area contributed by atoms with E-state index in [2.05, 4.69) is 23.7 Å². The van der Waals surface area contributed by atoms with E-state index in [-0.39, 0.29) is 42.1 Å². The maximum atomic E-state index is 12.6. The van der Waals surface area contributed by atoms with Crippen LogP contribution < -0.4 is 5.32 Å². The number of aromatic hydroxyl groups is 2. The second-order valence-corrected chi connectivity index (χ2v) is 12.1. The molecule has 2 aromatic carbocycles. The van der Waals surface area contributed by atoms with Gasteiger partial charge < -0.3 is 35.1 Å². The Hall–Kier alpha value is -2.27. The number of phenolic OH excluding ortho intramolecular Hbond substituents is 2. The second kappa shape index (κ2) is 13.7. The minimum absolute atomic E-state index is 0.0714. The zero-order valence-electron chi connectivity index (χ0n) is 21.5. The van der Waals surface area contributed by atoms with Crippen molar-refractivity contribution in [1.82, 2.24) is 4.90 Å². The third-order valence-electron chi connectivity index (χ3n) is 6.21. The molecule has 0 aromatic heterocycles. The Morgan fingerprint density at radius 3 is 2.03 bits per heavy atom. The Bertz CT molecular complexity index is 1170. The summed E-state index contributed by atoms with van der Waals surface area (Å²) >= 11 is 0. The molecular formula is C24H36N2O10P2. The van der Waals surface area contributed by atoms with Gasteiger partial charge in [0.2, 0.25) is 5.91 Å². The van der Waals surface area contributed by atoms with Gasteiger partial charge in [0.1, 0.15) is 11.5 Å². The summed E-state index contributed by atoms with van der Waals surface area (Å²) in [5.74, 6) is -2.28. The lowest BCUT2D eigenvalue weighted by Gasteiger charge is -2.27. The van der Waals surface area contributed by atoms with E-state index in [1.165, 1.54) is 18.0 Å². The quantitative estimate of drug-likeness (QED) is 0.128. The molecule has 38 heavy (non-hydrogen) atoms. The summed E-state index contributed by atoms with van der Waals surface area (Å²) in [7, 11) is -8.61. The zero-order chi connectivity index (χ0) is 28.7. The number of hydrogen-bond acceptors (Lipinski definition) is 7. The third-order valence-corrected chi connectivity index (χ3v) is 8.02. The molecule has 14 heteroatoms. The molecule has 0 spiro atoms. The molecule has 2 rings (SSSR count). The first kappa shape index (κ1) is 31.9. The number of phosphoric ester groups is 1. The highest BCUT2D eigenvalue weighted by Gasteiger charge is 2.35. The summed E-state index contributed by atoms with van der Waals surface area (Å²) in [4.78, 5) is 50.4. The highest BCUT2D eigenvalue weighted by Crippen LogP contribution is 2.51. The summed E-state index contributed by atoms with van der Waals surface area (Å²) in [5, 5.41) is 22.6. The number of hydrogen-bond donors (Lipinski definition) is 7. The molecule has 3 atom stereocenters. The van der Waals surface area contributed by atoms with Crippen LogP contribution in [0.15, 0.2) is 42.5 Å². The predicted octanol–water partition coefficient (Wildman–Crippen LogP) is 3.66. The maximum absolute atomic E-state index is 12.6. The van der Waals surface area contributed by atoms with E-state index in [0.717, 1.165) is 24.0 Å². The van der Waals surface area contributed by atoms with Gasteiger partial charge in [-0.25, -0.2) is 4.57 Å².